The Morgan fingerprint density at radius 2 is 2.05 bits per heavy atom. The van der Waals surface area contributed by atoms with Crippen molar-refractivity contribution in [3.8, 4) is 5.75 Å². The molecule has 2 unspecified atom stereocenters. The van der Waals surface area contributed by atoms with E-state index in [1.54, 1.807) is 12.1 Å². The predicted molar refractivity (Wildman–Crippen MR) is 80.5 cm³/mol. The van der Waals surface area contributed by atoms with Crippen LogP contribution in [0.25, 0.3) is 0 Å². The van der Waals surface area contributed by atoms with Crippen molar-refractivity contribution >= 4 is 27.5 Å². The van der Waals surface area contributed by atoms with Crippen LogP contribution in [-0.2, 0) is 0 Å². The number of ether oxygens (including phenoxy) is 1. The largest absolute Gasteiger partial charge is 0.485 e. The van der Waals surface area contributed by atoms with Crippen molar-refractivity contribution in [2.75, 3.05) is 0 Å². The van der Waals surface area contributed by atoms with Gasteiger partial charge in [0.2, 0.25) is 0 Å². The molecule has 0 aliphatic carbocycles. The quantitative estimate of drug-likeness (QED) is 0.799. The summed E-state index contributed by atoms with van der Waals surface area (Å²) in [7, 11) is 0. The van der Waals surface area contributed by atoms with Gasteiger partial charge >= 0.3 is 0 Å². The summed E-state index contributed by atoms with van der Waals surface area (Å²) in [5.74, 6) is 0.189. The van der Waals surface area contributed by atoms with Crippen LogP contribution >= 0.6 is 27.5 Å². The van der Waals surface area contributed by atoms with Gasteiger partial charge in [0.05, 0.1) is 5.02 Å². The average molecular weight is 357 g/mol. The SMILES string of the molecule is NC1CC(c2ccc(Cl)c(Br)c2)Oc2cc(F)ccc21. The van der Waals surface area contributed by atoms with Gasteiger partial charge in [-0.05, 0) is 39.7 Å². The van der Waals surface area contributed by atoms with Crippen molar-refractivity contribution < 1.29 is 9.13 Å². The second-order valence-electron chi connectivity index (χ2n) is 4.80. The lowest BCUT2D eigenvalue weighted by molar-refractivity contribution is 0.160. The zero-order valence-electron chi connectivity index (χ0n) is 10.4. The molecule has 2 N–H and O–H groups in total. The molecule has 1 heterocycles. The van der Waals surface area contributed by atoms with Crippen LogP contribution in [-0.4, -0.2) is 0 Å². The number of halogens is 3. The van der Waals surface area contributed by atoms with E-state index >= 15 is 0 Å². The molecule has 0 saturated heterocycles. The first-order valence-corrected chi connectivity index (χ1v) is 7.38. The molecule has 0 bridgehead atoms. The fraction of sp³-hybridized carbons (Fsp3) is 0.200. The number of fused-ring (bicyclic) bond motifs is 1. The van der Waals surface area contributed by atoms with Crippen molar-refractivity contribution in [3.05, 3.63) is 62.8 Å². The number of hydrogen-bond acceptors (Lipinski definition) is 2. The summed E-state index contributed by atoms with van der Waals surface area (Å²) in [6, 6.07) is 9.91. The molecular formula is C15H12BrClFNO. The molecule has 104 valence electrons. The summed E-state index contributed by atoms with van der Waals surface area (Å²) >= 11 is 9.38. The summed E-state index contributed by atoms with van der Waals surface area (Å²) in [5.41, 5.74) is 7.96. The lowest BCUT2D eigenvalue weighted by Crippen LogP contribution is -2.24. The number of rotatable bonds is 1. The van der Waals surface area contributed by atoms with Crippen LogP contribution in [0.3, 0.4) is 0 Å². The standard InChI is InChI=1S/C15H12BrClFNO/c16-11-5-8(1-4-12(11)17)14-7-13(19)10-3-2-9(18)6-15(10)20-14/h1-6,13-14H,7,19H2. The summed E-state index contributed by atoms with van der Waals surface area (Å²) in [6.07, 6.45) is 0.444. The second-order valence-corrected chi connectivity index (χ2v) is 6.07. The first-order valence-electron chi connectivity index (χ1n) is 6.21. The van der Waals surface area contributed by atoms with Gasteiger partial charge in [0.1, 0.15) is 17.7 Å². The van der Waals surface area contributed by atoms with E-state index in [2.05, 4.69) is 15.9 Å². The summed E-state index contributed by atoms with van der Waals surface area (Å²) in [4.78, 5) is 0. The Morgan fingerprint density at radius 1 is 1.25 bits per heavy atom. The van der Waals surface area contributed by atoms with E-state index in [-0.39, 0.29) is 18.0 Å². The van der Waals surface area contributed by atoms with Crippen molar-refractivity contribution in [2.45, 2.75) is 18.6 Å². The number of hydrogen-bond donors (Lipinski definition) is 1. The van der Waals surface area contributed by atoms with Gasteiger partial charge in [-0.25, -0.2) is 4.39 Å². The summed E-state index contributed by atoms with van der Waals surface area (Å²) in [6.45, 7) is 0. The van der Waals surface area contributed by atoms with Crippen molar-refractivity contribution in [2.24, 2.45) is 5.73 Å². The highest BCUT2D eigenvalue weighted by Gasteiger charge is 2.27. The molecule has 5 heteroatoms. The lowest BCUT2D eigenvalue weighted by Gasteiger charge is -2.30. The van der Waals surface area contributed by atoms with Crippen LogP contribution in [0.15, 0.2) is 40.9 Å². The minimum atomic E-state index is -0.325. The van der Waals surface area contributed by atoms with Gasteiger partial charge in [0.25, 0.3) is 0 Å². The number of benzene rings is 2. The topological polar surface area (TPSA) is 35.2 Å². The fourth-order valence-electron chi connectivity index (χ4n) is 2.39. The molecule has 0 amide bonds. The van der Waals surface area contributed by atoms with Crippen LogP contribution in [0.1, 0.15) is 29.7 Å². The summed E-state index contributed by atoms with van der Waals surface area (Å²) in [5, 5.41) is 0.639. The zero-order chi connectivity index (χ0) is 14.3. The maximum atomic E-state index is 13.3. The van der Waals surface area contributed by atoms with Crippen molar-refractivity contribution in [3.63, 3.8) is 0 Å². The molecule has 0 spiro atoms. The Labute approximate surface area is 129 Å². The Bertz CT molecular complexity index is 664. The van der Waals surface area contributed by atoms with Gasteiger partial charge in [0.15, 0.2) is 0 Å². The third kappa shape index (κ3) is 2.55. The maximum absolute atomic E-state index is 13.3. The van der Waals surface area contributed by atoms with Crippen LogP contribution in [0.2, 0.25) is 5.02 Å². The Kier molecular flexibility index (Phi) is 3.71. The molecule has 1 aliphatic heterocycles. The third-order valence-corrected chi connectivity index (χ3v) is 4.64. The molecule has 2 aromatic carbocycles. The molecular weight excluding hydrogens is 345 g/mol. The summed E-state index contributed by atoms with van der Waals surface area (Å²) < 4.78 is 20.0. The highest BCUT2D eigenvalue weighted by atomic mass is 79.9. The van der Waals surface area contributed by atoms with Gasteiger partial charge in [-0.1, -0.05) is 23.7 Å². The minimum absolute atomic E-state index is 0.168. The predicted octanol–water partition coefficient (Wildman–Crippen LogP) is 4.77. The van der Waals surface area contributed by atoms with Crippen LogP contribution in [0.4, 0.5) is 4.39 Å². The molecule has 0 aromatic heterocycles. The normalized spacial score (nSPS) is 21.2. The lowest BCUT2D eigenvalue weighted by atomic mass is 9.93. The van der Waals surface area contributed by atoms with Crippen LogP contribution in [0.5, 0.6) is 5.75 Å². The average Bonchev–Trinajstić information content (AvgIpc) is 2.41. The van der Waals surface area contributed by atoms with E-state index in [1.807, 2.05) is 12.1 Å². The van der Waals surface area contributed by atoms with E-state index in [0.717, 1.165) is 15.6 Å². The highest BCUT2D eigenvalue weighted by molar-refractivity contribution is 9.10. The second kappa shape index (κ2) is 5.35. The van der Waals surface area contributed by atoms with Gasteiger partial charge < -0.3 is 10.5 Å². The smallest absolute Gasteiger partial charge is 0.127 e. The molecule has 1 aliphatic rings. The van der Waals surface area contributed by atoms with Crippen LogP contribution in [0, 0.1) is 5.82 Å². The van der Waals surface area contributed by atoms with E-state index < -0.39 is 0 Å². The van der Waals surface area contributed by atoms with Crippen molar-refractivity contribution in [1.29, 1.82) is 0 Å². The monoisotopic (exact) mass is 355 g/mol. The first-order chi connectivity index (χ1) is 9.54. The third-order valence-electron chi connectivity index (χ3n) is 3.43. The van der Waals surface area contributed by atoms with Gasteiger partial charge in [-0.2, -0.15) is 0 Å². The van der Waals surface area contributed by atoms with Gasteiger partial charge in [0, 0.05) is 28.6 Å². The Morgan fingerprint density at radius 3 is 2.80 bits per heavy atom. The molecule has 2 nitrogen and oxygen atoms in total. The molecule has 0 fully saturated rings. The molecule has 20 heavy (non-hydrogen) atoms. The number of nitrogens with two attached hydrogens (primary N) is 1. The fourth-order valence-corrected chi connectivity index (χ4v) is 2.91. The molecule has 0 radical (unpaired) electrons. The molecule has 2 aromatic rings. The van der Waals surface area contributed by atoms with Crippen molar-refractivity contribution in [1.82, 2.24) is 0 Å². The first kappa shape index (κ1) is 13.9. The molecule has 0 saturated carbocycles. The Balaban J connectivity index is 1.96. The van der Waals surface area contributed by atoms with Gasteiger partial charge in [-0.3, -0.25) is 0 Å². The zero-order valence-corrected chi connectivity index (χ0v) is 12.8. The molecule has 2 atom stereocenters. The van der Waals surface area contributed by atoms with E-state index in [1.165, 1.54) is 12.1 Å². The van der Waals surface area contributed by atoms with E-state index in [4.69, 9.17) is 22.1 Å². The minimum Gasteiger partial charge on any atom is -0.485 e. The van der Waals surface area contributed by atoms with Crippen LogP contribution < -0.4 is 10.5 Å². The van der Waals surface area contributed by atoms with E-state index in [0.29, 0.717) is 17.2 Å². The van der Waals surface area contributed by atoms with E-state index in [9.17, 15) is 4.39 Å². The maximum Gasteiger partial charge on any atom is 0.127 e. The van der Waals surface area contributed by atoms with Gasteiger partial charge in [-0.15, -0.1) is 0 Å². The molecule has 3 rings (SSSR count). The highest BCUT2D eigenvalue weighted by Crippen LogP contribution is 2.40. The Hall–Kier alpha value is -1.10.